The fraction of sp³-hybridized carbons (Fsp3) is 0.229. The zero-order chi connectivity index (χ0) is 32.6. The summed E-state index contributed by atoms with van der Waals surface area (Å²) in [6.45, 7) is -0.833. The van der Waals surface area contributed by atoms with Crippen molar-refractivity contribution in [2.45, 2.75) is 43.7 Å². The zero-order valence-electron chi connectivity index (χ0n) is 24.5. The monoisotopic (exact) mass is 628 g/mol. The van der Waals surface area contributed by atoms with Crippen LogP contribution in [-0.2, 0) is 27.2 Å². The molecule has 46 heavy (non-hydrogen) atoms. The molecule has 4 aromatic carbocycles. The highest BCUT2D eigenvalue weighted by Gasteiger charge is 2.45. The first-order valence-electron chi connectivity index (χ1n) is 14.4. The molecule has 5 atom stereocenters. The van der Waals surface area contributed by atoms with Crippen LogP contribution >= 0.6 is 0 Å². The lowest BCUT2D eigenvalue weighted by Crippen LogP contribution is -2.60. The van der Waals surface area contributed by atoms with Gasteiger partial charge in [0.15, 0.2) is 5.78 Å². The highest BCUT2D eigenvalue weighted by Crippen LogP contribution is 2.30. The van der Waals surface area contributed by atoms with Gasteiger partial charge in [0.25, 0.3) is 0 Å². The first kappa shape index (κ1) is 32.3. The van der Waals surface area contributed by atoms with Gasteiger partial charge in [0.05, 0.1) is 11.1 Å². The molecule has 238 valence electrons. The molecule has 0 spiro atoms. The average molecular weight is 629 g/mol. The quantitative estimate of drug-likeness (QED) is 0.142. The third kappa shape index (κ3) is 7.76. The van der Waals surface area contributed by atoms with Crippen LogP contribution in [0.1, 0.15) is 42.2 Å². The Morgan fingerprint density at radius 2 is 1.33 bits per heavy atom. The number of esters is 2. The highest BCUT2D eigenvalue weighted by molar-refractivity contribution is 6.00. The van der Waals surface area contributed by atoms with Crippen LogP contribution in [0.3, 0.4) is 0 Å². The van der Waals surface area contributed by atoms with E-state index in [-0.39, 0.29) is 47.0 Å². The fourth-order valence-corrected chi connectivity index (χ4v) is 4.88. The number of aromatic hydroxyl groups is 1. The lowest BCUT2D eigenvalue weighted by atomic mass is 9.99. The molecule has 1 aliphatic rings. The van der Waals surface area contributed by atoms with E-state index in [2.05, 4.69) is 0 Å². The molecule has 0 aliphatic carbocycles. The van der Waals surface area contributed by atoms with Gasteiger partial charge in [-0.05, 0) is 42.0 Å². The van der Waals surface area contributed by atoms with Gasteiger partial charge in [-0.2, -0.15) is 0 Å². The summed E-state index contributed by atoms with van der Waals surface area (Å²) in [5, 5.41) is 41.7. The number of rotatable bonds is 11. The average Bonchev–Trinajstić information content (AvgIpc) is 3.08. The number of aliphatic hydroxyl groups excluding tert-OH is 3. The lowest BCUT2D eigenvalue weighted by molar-refractivity contribution is -0.277. The number of aliphatic hydroxyl groups is 3. The maximum atomic E-state index is 13.1. The van der Waals surface area contributed by atoms with E-state index in [4.69, 9.17) is 18.9 Å². The van der Waals surface area contributed by atoms with E-state index < -0.39 is 49.3 Å². The minimum absolute atomic E-state index is 0.0251. The molecule has 11 heteroatoms. The normalized spacial score (nSPS) is 20.8. The summed E-state index contributed by atoms with van der Waals surface area (Å²) in [4.78, 5) is 38.3. The summed E-state index contributed by atoms with van der Waals surface area (Å²) in [7, 11) is 0. The topological polar surface area (TPSA) is 169 Å². The molecule has 0 unspecified atom stereocenters. The van der Waals surface area contributed by atoms with Crippen molar-refractivity contribution in [1.29, 1.82) is 0 Å². The predicted molar refractivity (Wildman–Crippen MR) is 162 cm³/mol. The standard InChI is InChI=1S/C35H32O11/c36-25-15-16-28(45-35-32(40)31(39)30(38)29(46-35)20-44-33(41)22-11-5-2-6-12-22)24(17-25)19-43-34(42)26-14-8-7-13-23(26)18-27(37)21-9-3-1-4-10-21/h1-17,29-32,35-36,38-40H,18-20H2/t29-,30-,31+,32-,35-/m1/s1. The summed E-state index contributed by atoms with van der Waals surface area (Å²) in [6.07, 6.45) is -7.86. The summed E-state index contributed by atoms with van der Waals surface area (Å²) < 4.78 is 22.3. The lowest BCUT2D eigenvalue weighted by Gasteiger charge is -2.40. The second-order valence-corrected chi connectivity index (χ2v) is 10.6. The van der Waals surface area contributed by atoms with E-state index in [1.54, 1.807) is 84.9 Å². The van der Waals surface area contributed by atoms with Gasteiger partial charge >= 0.3 is 11.9 Å². The van der Waals surface area contributed by atoms with Crippen LogP contribution < -0.4 is 4.74 Å². The van der Waals surface area contributed by atoms with E-state index in [1.165, 1.54) is 18.2 Å². The molecule has 4 N–H and O–H groups in total. The van der Waals surface area contributed by atoms with Crippen LogP contribution in [0.5, 0.6) is 11.5 Å². The molecule has 1 saturated heterocycles. The number of hydrogen-bond acceptors (Lipinski definition) is 11. The molecule has 0 bridgehead atoms. The van der Waals surface area contributed by atoms with Crippen molar-refractivity contribution in [3.8, 4) is 11.5 Å². The minimum atomic E-state index is -1.72. The van der Waals surface area contributed by atoms with Crippen LogP contribution in [0.2, 0.25) is 0 Å². The number of carbonyl (C=O) groups is 3. The van der Waals surface area contributed by atoms with Crippen molar-refractivity contribution in [3.63, 3.8) is 0 Å². The Balaban J connectivity index is 1.26. The van der Waals surface area contributed by atoms with E-state index in [9.17, 15) is 34.8 Å². The smallest absolute Gasteiger partial charge is 0.338 e. The van der Waals surface area contributed by atoms with Gasteiger partial charge in [-0.3, -0.25) is 4.79 Å². The molecule has 0 radical (unpaired) electrons. The largest absolute Gasteiger partial charge is 0.508 e. The molecule has 11 nitrogen and oxygen atoms in total. The first-order valence-corrected chi connectivity index (χ1v) is 14.4. The molecule has 0 saturated carbocycles. The zero-order valence-corrected chi connectivity index (χ0v) is 24.5. The molecule has 0 aromatic heterocycles. The Morgan fingerprint density at radius 3 is 2.04 bits per heavy atom. The van der Waals surface area contributed by atoms with Gasteiger partial charge in [-0.15, -0.1) is 0 Å². The molecule has 5 rings (SSSR count). The van der Waals surface area contributed by atoms with Crippen molar-refractivity contribution in [2.75, 3.05) is 6.61 Å². The van der Waals surface area contributed by atoms with Gasteiger partial charge in [0.1, 0.15) is 49.1 Å². The Hall–Kier alpha value is -5.07. The molecule has 1 fully saturated rings. The molecule has 1 aliphatic heterocycles. The van der Waals surface area contributed by atoms with Crippen LogP contribution in [-0.4, -0.2) is 75.5 Å². The Bertz CT molecular complexity index is 1660. The SMILES string of the molecule is O=C(Cc1ccccc1C(=O)OCc1cc(O)ccc1O[C@@H]1O[C@H](COC(=O)c2ccccc2)[C@@H](O)[C@H](O)[C@H]1O)c1ccccc1. The first-order chi connectivity index (χ1) is 22.2. The van der Waals surface area contributed by atoms with Crippen molar-refractivity contribution in [2.24, 2.45) is 0 Å². The van der Waals surface area contributed by atoms with Gasteiger partial charge in [0, 0.05) is 17.5 Å². The highest BCUT2D eigenvalue weighted by atomic mass is 16.7. The van der Waals surface area contributed by atoms with E-state index >= 15 is 0 Å². The number of ether oxygens (including phenoxy) is 4. The van der Waals surface area contributed by atoms with Gasteiger partial charge < -0.3 is 39.4 Å². The summed E-state index contributed by atoms with van der Waals surface area (Å²) in [6, 6.07) is 27.3. The van der Waals surface area contributed by atoms with E-state index in [1.807, 2.05) is 0 Å². The van der Waals surface area contributed by atoms with E-state index in [0.29, 0.717) is 11.1 Å². The van der Waals surface area contributed by atoms with Gasteiger partial charge in [-0.25, -0.2) is 9.59 Å². The molecule has 0 amide bonds. The molecule has 1 heterocycles. The van der Waals surface area contributed by atoms with Crippen LogP contribution in [0.15, 0.2) is 103 Å². The number of Topliss-reactive ketones (excluding diaryl/α,β-unsaturated/α-hetero) is 1. The van der Waals surface area contributed by atoms with Crippen molar-refractivity contribution in [1.82, 2.24) is 0 Å². The minimum Gasteiger partial charge on any atom is -0.508 e. The number of phenolic OH excluding ortho intramolecular Hbond substituents is 1. The molecular formula is C35H32O11. The molecule has 4 aromatic rings. The van der Waals surface area contributed by atoms with E-state index in [0.717, 1.165) is 0 Å². The van der Waals surface area contributed by atoms with Gasteiger partial charge in [-0.1, -0.05) is 66.7 Å². The van der Waals surface area contributed by atoms with Crippen molar-refractivity contribution < 1.29 is 53.8 Å². The predicted octanol–water partition coefficient (Wildman–Crippen LogP) is 3.22. The van der Waals surface area contributed by atoms with Crippen LogP contribution in [0.25, 0.3) is 0 Å². The third-order valence-corrected chi connectivity index (χ3v) is 7.39. The number of phenols is 1. The number of benzene rings is 4. The molecular weight excluding hydrogens is 596 g/mol. The Labute approximate surface area is 264 Å². The van der Waals surface area contributed by atoms with Crippen molar-refractivity contribution in [3.05, 3.63) is 131 Å². The summed E-state index contributed by atoms with van der Waals surface area (Å²) in [5.41, 5.74) is 1.63. The maximum Gasteiger partial charge on any atom is 0.338 e. The van der Waals surface area contributed by atoms with Crippen molar-refractivity contribution >= 4 is 17.7 Å². The maximum absolute atomic E-state index is 13.1. The second kappa shape index (κ2) is 14.8. The second-order valence-electron chi connectivity index (χ2n) is 10.6. The fourth-order valence-electron chi connectivity index (χ4n) is 4.88. The third-order valence-electron chi connectivity index (χ3n) is 7.39. The number of hydrogen-bond donors (Lipinski definition) is 4. The Kier molecular flexibility index (Phi) is 10.4. The summed E-state index contributed by atoms with van der Waals surface area (Å²) >= 11 is 0. The summed E-state index contributed by atoms with van der Waals surface area (Å²) in [5.74, 6) is -1.71. The number of ketones is 1. The van der Waals surface area contributed by atoms with Crippen LogP contribution in [0, 0.1) is 0 Å². The number of carbonyl (C=O) groups excluding carboxylic acids is 3. The Morgan fingerprint density at radius 1 is 0.674 bits per heavy atom. The van der Waals surface area contributed by atoms with Gasteiger partial charge in [0.2, 0.25) is 6.29 Å². The van der Waals surface area contributed by atoms with Crippen LogP contribution in [0.4, 0.5) is 0 Å².